The number of hydrogen-bond donors (Lipinski definition) is 8. The fraction of sp³-hybridized carbons (Fsp3) is 0.645. The Bertz CT molecular complexity index is 1370. The lowest BCUT2D eigenvalue weighted by atomic mass is 9.85. The minimum atomic E-state index is -1.71. The summed E-state index contributed by atoms with van der Waals surface area (Å²) in [7, 11) is 1.38. The van der Waals surface area contributed by atoms with Crippen molar-refractivity contribution in [2.45, 2.75) is 92.4 Å². The van der Waals surface area contributed by atoms with E-state index >= 15 is 0 Å². The van der Waals surface area contributed by atoms with Crippen LogP contribution in [-0.2, 0) is 38.0 Å². The Balaban J connectivity index is 1.19. The number of carbonyl (C=O) groups is 1. The molecule has 4 fully saturated rings. The average Bonchev–Trinajstić information content (AvgIpc) is 3.76. The number of epoxide rings is 1. The van der Waals surface area contributed by atoms with Crippen molar-refractivity contribution >= 4 is 12.0 Å². The van der Waals surface area contributed by atoms with Crippen LogP contribution in [0.3, 0.4) is 0 Å². The van der Waals surface area contributed by atoms with Gasteiger partial charge in [-0.25, -0.2) is 4.79 Å². The van der Waals surface area contributed by atoms with Crippen LogP contribution in [0.5, 0.6) is 11.5 Å². The topological polar surface area (TPSA) is 256 Å². The van der Waals surface area contributed by atoms with E-state index < -0.39 is 117 Å². The normalized spacial score (nSPS) is 44.9. The van der Waals surface area contributed by atoms with Gasteiger partial charge in [0, 0.05) is 12.0 Å². The van der Waals surface area contributed by atoms with Crippen LogP contribution in [0.1, 0.15) is 12.5 Å². The minimum Gasteiger partial charge on any atom is -0.504 e. The van der Waals surface area contributed by atoms with Crippen LogP contribution < -0.4 is 4.74 Å². The molecule has 3 saturated heterocycles. The molecule has 8 N–H and O–H groups in total. The Hall–Kier alpha value is -2.91. The van der Waals surface area contributed by atoms with Gasteiger partial charge < -0.3 is 78.7 Å². The van der Waals surface area contributed by atoms with E-state index in [1.165, 1.54) is 44.6 Å². The van der Waals surface area contributed by atoms with Gasteiger partial charge in [-0.3, -0.25) is 0 Å². The standard InChI is InChI=1S/C31H40O17/c1-12-20(36)23(39)26(45-18(35)6-4-13-3-5-15(34)16(9-13)41-2)30(43-12)46-25-14-7-8-42-28(19(14)31(11-33)27(25)48-31)47-29-24(40)22(38)21(37)17(10-32)44-29/h3-9,12,14,17,19-30,32-34,36-40H,10-11H2,1-2H3/b6-4+/t12-,14+,17+,19+,20-,21+,22-,23+,24+,25-,26+,27-,28-,29-,30-,31+/m0/s1. The second-order valence-corrected chi connectivity index (χ2v) is 12.4. The predicted molar refractivity (Wildman–Crippen MR) is 155 cm³/mol. The zero-order chi connectivity index (χ0) is 34.5. The Labute approximate surface area is 274 Å². The van der Waals surface area contributed by atoms with Gasteiger partial charge in [-0.2, -0.15) is 0 Å². The van der Waals surface area contributed by atoms with Gasteiger partial charge in [0.1, 0.15) is 48.3 Å². The van der Waals surface area contributed by atoms with Crippen LogP contribution in [0.15, 0.2) is 36.6 Å². The van der Waals surface area contributed by atoms with E-state index in [1.807, 2.05) is 0 Å². The van der Waals surface area contributed by atoms with Crippen molar-refractivity contribution in [2.24, 2.45) is 11.8 Å². The van der Waals surface area contributed by atoms with Crippen LogP contribution in [0.4, 0.5) is 0 Å². The maximum absolute atomic E-state index is 12.9. The number of aromatic hydroxyl groups is 1. The van der Waals surface area contributed by atoms with Crippen molar-refractivity contribution in [1.29, 1.82) is 0 Å². The Kier molecular flexibility index (Phi) is 10.0. The molecule has 4 heterocycles. The molecule has 0 spiro atoms. The van der Waals surface area contributed by atoms with Crippen LogP contribution in [0.25, 0.3) is 6.08 Å². The predicted octanol–water partition coefficient (Wildman–Crippen LogP) is -2.76. The fourth-order valence-corrected chi connectivity index (χ4v) is 6.84. The molecule has 4 aliphatic heterocycles. The first kappa shape index (κ1) is 34.9. The van der Waals surface area contributed by atoms with Crippen LogP contribution in [-0.4, -0.2) is 153 Å². The lowest BCUT2D eigenvalue weighted by Crippen LogP contribution is -2.61. The highest BCUT2D eigenvalue weighted by Crippen LogP contribution is 2.61. The van der Waals surface area contributed by atoms with Gasteiger partial charge in [0.2, 0.25) is 6.29 Å². The van der Waals surface area contributed by atoms with Gasteiger partial charge in [-0.15, -0.1) is 0 Å². The number of rotatable bonds is 10. The first-order chi connectivity index (χ1) is 22.9. The third-order valence-electron chi connectivity index (χ3n) is 9.54. The quantitative estimate of drug-likeness (QED) is 0.0705. The molecule has 0 bridgehead atoms. The zero-order valence-corrected chi connectivity index (χ0v) is 25.9. The number of esters is 1. The minimum absolute atomic E-state index is 0.0899. The third-order valence-corrected chi connectivity index (χ3v) is 9.54. The molecule has 16 atom stereocenters. The summed E-state index contributed by atoms with van der Waals surface area (Å²) in [6.07, 6.45) is -12.1. The molecule has 6 rings (SSSR count). The zero-order valence-electron chi connectivity index (χ0n) is 25.9. The highest BCUT2D eigenvalue weighted by atomic mass is 16.8. The van der Waals surface area contributed by atoms with E-state index in [9.17, 15) is 45.6 Å². The van der Waals surface area contributed by atoms with Gasteiger partial charge in [-0.05, 0) is 36.8 Å². The number of fused-ring (bicyclic) bond motifs is 3. The van der Waals surface area contributed by atoms with Gasteiger partial charge in [0.15, 0.2) is 30.2 Å². The summed E-state index contributed by atoms with van der Waals surface area (Å²) in [5, 5.41) is 82.2. The van der Waals surface area contributed by atoms with Crippen LogP contribution >= 0.6 is 0 Å². The van der Waals surface area contributed by atoms with Gasteiger partial charge in [-0.1, -0.05) is 6.07 Å². The number of phenolic OH excluding ortho intramolecular Hbond substituents is 1. The van der Waals surface area contributed by atoms with Crippen molar-refractivity contribution < 1.29 is 83.5 Å². The number of ether oxygens (including phenoxy) is 8. The van der Waals surface area contributed by atoms with E-state index in [0.29, 0.717) is 5.56 Å². The molecule has 266 valence electrons. The lowest BCUT2D eigenvalue weighted by molar-refractivity contribution is -0.347. The average molecular weight is 685 g/mol. The molecular weight excluding hydrogens is 644 g/mol. The van der Waals surface area contributed by atoms with E-state index in [4.69, 9.17) is 37.9 Å². The number of methoxy groups -OCH3 is 1. The van der Waals surface area contributed by atoms with Gasteiger partial charge in [0.25, 0.3) is 0 Å². The third kappa shape index (κ3) is 6.19. The van der Waals surface area contributed by atoms with E-state index in [0.717, 1.165) is 6.08 Å². The van der Waals surface area contributed by atoms with Gasteiger partial charge >= 0.3 is 5.97 Å². The fourth-order valence-electron chi connectivity index (χ4n) is 6.84. The summed E-state index contributed by atoms with van der Waals surface area (Å²) in [4.78, 5) is 12.9. The first-order valence-electron chi connectivity index (χ1n) is 15.4. The second-order valence-electron chi connectivity index (χ2n) is 12.4. The number of aliphatic hydroxyl groups excluding tert-OH is 7. The summed E-state index contributed by atoms with van der Waals surface area (Å²) in [6.45, 7) is 0.332. The molecule has 1 aliphatic carbocycles. The molecule has 1 aromatic rings. The Morgan fingerprint density at radius 3 is 2.42 bits per heavy atom. The summed E-state index contributed by atoms with van der Waals surface area (Å²) in [5.74, 6) is -2.18. The van der Waals surface area contributed by atoms with E-state index in [1.54, 1.807) is 6.08 Å². The molecular formula is C31H40O17. The maximum Gasteiger partial charge on any atom is 0.331 e. The molecule has 0 radical (unpaired) electrons. The highest BCUT2D eigenvalue weighted by Gasteiger charge is 2.77. The summed E-state index contributed by atoms with van der Waals surface area (Å²) in [5.41, 5.74) is -0.754. The van der Waals surface area contributed by atoms with Crippen molar-refractivity contribution in [1.82, 2.24) is 0 Å². The highest BCUT2D eigenvalue weighted by molar-refractivity contribution is 5.87. The monoisotopic (exact) mass is 684 g/mol. The van der Waals surface area contributed by atoms with E-state index in [2.05, 4.69) is 0 Å². The first-order valence-corrected chi connectivity index (χ1v) is 15.4. The number of aliphatic hydroxyl groups is 7. The molecule has 5 aliphatic rings. The second kappa shape index (κ2) is 13.8. The number of benzene rings is 1. The van der Waals surface area contributed by atoms with Crippen molar-refractivity contribution in [3.63, 3.8) is 0 Å². The van der Waals surface area contributed by atoms with Crippen molar-refractivity contribution in [3.8, 4) is 11.5 Å². The smallest absolute Gasteiger partial charge is 0.331 e. The summed E-state index contributed by atoms with van der Waals surface area (Å²) >= 11 is 0. The number of carbonyl (C=O) groups excluding carboxylic acids is 1. The van der Waals surface area contributed by atoms with Gasteiger partial charge in [0.05, 0.1) is 44.7 Å². The van der Waals surface area contributed by atoms with Crippen molar-refractivity contribution in [3.05, 3.63) is 42.2 Å². The van der Waals surface area contributed by atoms with Crippen molar-refractivity contribution in [2.75, 3.05) is 20.3 Å². The maximum atomic E-state index is 12.9. The molecule has 1 saturated carbocycles. The Morgan fingerprint density at radius 2 is 1.71 bits per heavy atom. The summed E-state index contributed by atoms with van der Waals surface area (Å²) < 4.78 is 45.8. The Morgan fingerprint density at radius 1 is 0.938 bits per heavy atom. The molecule has 17 heteroatoms. The molecule has 48 heavy (non-hydrogen) atoms. The molecule has 0 amide bonds. The molecule has 0 unspecified atom stereocenters. The van der Waals surface area contributed by atoms with Crippen LogP contribution in [0.2, 0.25) is 0 Å². The SMILES string of the molecule is COc1cc(/C=C/C(=O)O[C@H]2[C@H](O[C@H]3[C@@H]4C=CO[C@@H](O[C@@H]5O[C@H](CO)[C@@H](O)[C@H](O)[C@H]5O)[C@@H]4[C@@]4(CO)O[C@@H]34)O[C@@H](C)[C@H](O)[C@H]2O)ccc1O. The summed E-state index contributed by atoms with van der Waals surface area (Å²) in [6, 6.07) is 4.41. The van der Waals surface area contributed by atoms with Crippen LogP contribution in [0, 0.1) is 11.8 Å². The lowest BCUT2D eigenvalue weighted by Gasteiger charge is -2.44. The van der Waals surface area contributed by atoms with E-state index in [-0.39, 0.29) is 11.5 Å². The largest absolute Gasteiger partial charge is 0.504 e. The molecule has 17 nitrogen and oxygen atoms in total. The molecule has 1 aromatic carbocycles. The number of hydrogen-bond acceptors (Lipinski definition) is 17. The number of phenols is 1. The molecule has 0 aromatic heterocycles.